The summed E-state index contributed by atoms with van der Waals surface area (Å²) in [7, 11) is 0. The number of ketones is 1. The molecule has 0 aliphatic carbocycles. The largest absolute Gasteiger partial charge is 0.381 e. The van der Waals surface area contributed by atoms with Crippen LogP contribution in [0.25, 0.3) is 0 Å². The van der Waals surface area contributed by atoms with Crippen LogP contribution >= 0.6 is 0 Å². The molecule has 1 aromatic carbocycles. The molecule has 3 rings (SSSR count). The average Bonchev–Trinajstić information content (AvgIpc) is 3.16. The highest BCUT2D eigenvalue weighted by Crippen LogP contribution is 2.20. The molecule has 1 unspecified atom stereocenters. The van der Waals surface area contributed by atoms with E-state index < -0.39 is 0 Å². The first-order valence-electron chi connectivity index (χ1n) is 7.51. The second-order valence-electron chi connectivity index (χ2n) is 5.68. The lowest BCUT2D eigenvalue weighted by atomic mass is 10.00. The van der Waals surface area contributed by atoms with Gasteiger partial charge in [0.05, 0.1) is 0 Å². The first kappa shape index (κ1) is 14.9. The molecular formula is C17H18FNO3. The molecule has 4 nitrogen and oxygen atoms in total. The summed E-state index contributed by atoms with van der Waals surface area (Å²) in [5.41, 5.74) is 1.14. The summed E-state index contributed by atoms with van der Waals surface area (Å²) in [6.45, 7) is 1.54. The van der Waals surface area contributed by atoms with Crippen molar-refractivity contribution in [3.63, 3.8) is 0 Å². The van der Waals surface area contributed by atoms with Crippen molar-refractivity contribution in [3.8, 4) is 0 Å². The first-order chi connectivity index (χ1) is 10.7. The van der Waals surface area contributed by atoms with E-state index in [9.17, 15) is 9.18 Å². The number of carbonyl (C=O) groups is 1. The van der Waals surface area contributed by atoms with E-state index in [0.29, 0.717) is 30.2 Å². The summed E-state index contributed by atoms with van der Waals surface area (Å²) < 4.78 is 23.6. The molecule has 0 saturated carbocycles. The minimum absolute atomic E-state index is 0.0128. The van der Waals surface area contributed by atoms with Gasteiger partial charge in [0.25, 0.3) is 0 Å². The van der Waals surface area contributed by atoms with Crippen molar-refractivity contribution in [2.24, 2.45) is 5.92 Å². The normalized spacial score (nSPS) is 17.8. The zero-order valence-corrected chi connectivity index (χ0v) is 12.3. The molecule has 0 N–H and O–H groups in total. The Balaban J connectivity index is 1.57. The maximum Gasteiger partial charge on any atom is 0.184 e. The van der Waals surface area contributed by atoms with Crippen LogP contribution in [0.4, 0.5) is 4.39 Å². The fraction of sp³-hybridized carbons (Fsp3) is 0.412. The molecule has 116 valence electrons. The third-order valence-electron chi connectivity index (χ3n) is 3.92. The third-order valence-corrected chi connectivity index (χ3v) is 3.92. The molecule has 0 bridgehead atoms. The number of ether oxygens (including phenoxy) is 1. The molecule has 1 atom stereocenters. The maximum absolute atomic E-state index is 13.1. The summed E-state index contributed by atoms with van der Waals surface area (Å²) in [4.78, 5) is 12.1. The topological polar surface area (TPSA) is 52.3 Å². The fourth-order valence-electron chi connectivity index (χ4n) is 2.65. The number of nitrogens with zero attached hydrogens (tertiary/aromatic N) is 1. The molecule has 1 aliphatic rings. The van der Waals surface area contributed by atoms with Gasteiger partial charge in [-0.15, -0.1) is 0 Å². The molecule has 1 saturated heterocycles. The summed E-state index contributed by atoms with van der Waals surface area (Å²) in [5.74, 6) is 0.744. The van der Waals surface area contributed by atoms with Crippen LogP contribution in [0.2, 0.25) is 0 Å². The predicted octanol–water partition coefficient (Wildman–Crippen LogP) is 3.40. The zero-order valence-electron chi connectivity index (χ0n) is 12.3. The highest BCUT2D eigenvalue weighted by molar-refractivity contribution is 5.94. The van der Waals surface area contributed by atoms with Gasteiger partial charge in [-0.25, -0.2) is 4.39 Å². The molecule has 2 heterocycles. The van der Waals surface area contributed by atoms with Gasteiger partial charge in [0.2, 0.25) is 0 Å². The smallest absolute Gasteiger partial charge is 0.184 e. The molecule has 22 heavy (non-hydrogen) atoms. The van der Waals surface area contributed by atoms with Crippen molar-refractivity contribution in [2.45, 2.75) is 25.7 Å². The molecule has 0 amide bonds. The predicted molar refractivity (Wildman–Crippen MR) is 78.2 cm³/mol. The molecule has 1 aromatic heterocycles. The molecule has 1 fully saturated rings. The van der Waals surface area contributed by atoms with Gasteiger partial charge in [0.15, 0.2) is 5.78 Å². The number of hydrogen-bond acceptors (Lipinski definition) is 4. The van der Waals surface area contributed by atoms with E-state index in [2.05, 4.69) is 5.16 Å². The summed E-state index contributed by atoms with van der Waals surface area (Å²) in [6.07, 6.45) is 2.73. The number of aromatic nitrogens is 1. The molecule has 0 spiro atoms. The number of Topliss-reactive ketones (excluding diaryl/α,β-unsaturated/α-hetero) is 1. The van der Waals surface area contributed by atoms with Gasteiger partial charge in [-0.1, -0.05) is 17.3 Å². The van der Waals surface area contributed by atoms with Crippen molar-refractivity contribution < 1.29 is 18.4 Å². The van der Waals surface area contributed by atoms with E-state index >= 15 is 0 Å². The van der Waals surface area contributed by atoms with E-state index in [1.54, 1.807) is 12.1 Å². The van der Waals surface area contributed by atoms with Gasteiger partial charge in [-0.05, 0) is 36.5 Å². The monoisotopic (exact) mass is 303 g/mol. The summed E-state index contributed by atoms with van der Waals surface area (Å²) in [5, 5.41) is 3.83. The van der Waals surface area contributed by atoms with E-state index in [0.717, 1.165) is 31.6 Å². The van der Waals surface area contributed by atoms with Crippen LogP contribution in [-0.4, -0.2) is 24.2 Å². The lowest BCUT2D eigenvalue weighted by Gasteiger charge is -2.04. The van der Waals surface area contributed by atoms with Crippen molar-refractivity contribution in [2.75, 3.05) is 13.2 Å². The minimum atomic E-state index is -0.285. The van der Waals surface area contributed by atoms with Gasteiger partial charge < -0.3 is 9.26 Å². The Hall–Kier alpha value is -2.01. The van der Waals surface area contributed by atoms with Gasteiger partial charge in [-0.3, -0.25) is 4.79 Å². The fourth-order valence-corrected chi connectivity index (χ4v) is 2.65. The second kappa shape index (κ2) is 6.83. The van der Waals surface area contributed by atoms with Crippen LogP contribution < -0.4 is 0 Å². The number of hydrogen-bond donors (Lipinski definition) is 0. The standard InChI is InChI=1S/C17H18FNO3/c18-14-3-1-2-13(8-14)9-15-10-16(19-22-15)17(20)5-4-12-6-7-21-11-12/h1-3,8,10,12H,4-7,9,11H2. The molecule has 1 aliphatic heterocycles. The first-order valence-corrected chi connectivity index (χ1v) is 7.51. The van der Waals surface area contributed by atoms with E-state index in [1.165, 1.54) is 12.1 Å². The minimum Gasteiger partial charge on any atom is -0.381 e. The van der Waals surface area contributed by atoms with Gasteiger partial charge >= 0.3 is 0 Å². The van der Waals surface area contributed by atoms with Gasteiger partial charge in [0, 0.05) is 32.1 Å². The van der Waals surface area contributed by atoms with Crippen LogP contribution in [0.5, 0.6) is 0 Å². The van der Waals surface area contributed by atoms with Crippen molar-refractivity contribution >= 4 is 5.78 Å². The summed E-state index contributed by atoms with van der Waals surface area (Å²) in [6, 6.07) is 7.96. The molecule has 0 radical (unpaired) electrons. The van der Waals surface area contributed by atoms with Gasteiger partial charge in [-0.2, -0.15) is 0 Å². The van der Waals surface area contributed by atoms with Crippen LogP contribution in [-0.2, 0) is 11.2 Å². The van der Waals surface area contributed by atoms with Crippen molar-refractivity contribution in [3.05, 3.63) is 53.2 Å². The Bertz CT molecular complexity index is 647. The van der Waals surface area contributed by atoms with Crippen LogP contribution in [0.15, 0.2) is 34.9 Å². The van der Waals surface area contributed by atoms with Gasteiger partial charge in [0.1, 0.15) is 17.3 Å². The molecule has 5 heteroatoms. The quantitative estimate of drug-likeness (QED) is 0.767. The highest BCUT2D eigenvalue weighted by Gasteiger charge is 2.19. The Labute approximate surface area is 128 Å². The SMILES string of the molecule is O=C(CCC1CCOC1)c1cc(Cc2cccc(F)c2)on1. The Morgan fingerprint density at radius 1 is 1.36 bits per heavy atom. The van der Waals surface area contributed by atoms with Crippen LogP contribution in [0, 0.1) is 11.7 Å². The summed E-state index contributed by atoms with van der Waals surface area (Å²) >= 11 is 0. The number of benzene rings is 1. The lowest BCUT2D eigenvalue weighted by Crippen LogP contribution is -2.05. The number of carbonyl (C=O) groups excluding carboxylic acids is 1. The lowest BCUT2D eigenvalue weighted by molar-refractivity contribution is 0.0962. The van der Waals surface area contributed by atoms with E-state index in [4.69, 9.17) is 9.26 Å². The zero-order chi connectivity index (χ0) is 15.4. The van der Waals surface area contributed by atoms with Crippen LogP contribution in [0.3, 0.4) is 0 Å². The Morgan fingerprint density at radius 2 is 2.27 bits per heavy atom. The average molecular weight is 303 g/mol. The highest BCUT2D eigenvalue weighted by atomic mass is 19.1. The van der Waals surface area contributed by atoms with E-state index in [-0.39, 0.29) is 11.6 Å². The number of halogens is 1. The van der Waals surface area contributed by atoms with Crippen molar-refractivity contribution in [1.29, 1.82) is 0 Å². The number of rotatable bonds is 6. The molecular weight excluding hydrogens is 285 g/mol. The van der Waals surface area contributed by atoms with Crippen molar-refractivity contribution in [1.82, 2.24) is 5.16 Å². The van der Waals surface area contributed by atoms with E-state index in [1.807, 2.05) is 6.07 Å². The Kier molecular flexibility index (Phi) is 4.63. The Morgan fingerprint density at radius 3 is 3.05 bits per heavy atom. The second-order valence-corrected chi connectivity index (χ2v) is 5.68. The maximum atomic E-state index is 13.1. The van der Waals surface area contributed by atoms with Crippen LogP contribution in [0.1, 0.15) is 41.1 Å². The third kappa shape index (κ3) is 3.80. The molecule has 2 aromatic rings.